The van der Waals surface area contributed by atoms with Crippen LogP contribution in [0.2, 0.25) is 0 Å². The largest absolute Gasteiger partial charge is 0.340 e. The molecule has 116 valence electrons. The third-order valence-electron chi connectivity index (χ3n) is 4.75. The van der Waals surface area contributed by atoms with E-state index >= 15 is 0 Å². The molecule has 22 heavy (non-hydrogen) atoms. The normalized spacial score (nSPS) is 21.0. The minimum absolute atomic E-state index is 0.232. The van der Waals surface area contributed by atoms with E-state index in [-0.39, 0.29) is 23.7 Å². The van der Waals surface area contributed by atoms with Gasteiger partial charge in [0.1, 0.15) is 11.9 Å². The Bertz CT molecular complexity index is 569. The van der Waals surface area contributed by atoms with Crippen molar-refractivity contribution in [2.75, 3.05) is 26.2 Å². The number of carbonyl (C=O) groups is 1. The Hall–Kier alpha value is -1.93. The maximum Gasteiger partial charge on any atom is 0.225 e. The zero-order chi connectivity index (χ0) is 15.5. The van der Waals surface area contributed by atoms with Gasteiger partial charge >= 0.3 is 0 Å². The standard InChI is InChI=1S/C17H20FN3O/c18-15-6-4-13(5-7-15)16(12-19)20-8-10-21(11-9-20)17(22)14-2-1-3-14/h4-7,14,16H,1-3,8-11H2/t16-/m1/s1. The smallest absolute Gasteiger partial charge is 0.225 e. The van der Waals surface area contributed by atoms with E-state index < -0.39 is 0 Å². The Morgan fingerprint density at radius 2 is 1.82 bits per heavy atom. The molecule has 0 N–H and O–H groups in total. The van der Waals surface area contributed by atoms with Crippen LogP contribution in [0.1, 0.15) is 30.9 Å². The van der Waals surface area contributed by atoms with Gasteiger partial charge in [-0.2, -0.15) is 5.26 Å². The van der Waals surface area contributed by atoms with E-state index in [9.17, 15) is 14.4 Å². The van der Waals surface area contributed by atoms with Gasteiger partial charge in [-0.15, -0.1) is 0 Å². The van der Waals surface area contributed by atoms with Crippen LogP contribution in [0.15, 0.2) is 24.3 Å². The zero-order valence-corrected chi connectivity index (χ0v) is 12.5. The van der Waals surface area contributed by atoms with Gasteiger partial charge in [-0.25, -0.2) is 4.39 Å². The number of nitrogens with zero attached hydrogens (tertiary/aromatic N) is 3. The van der Waals surface area contributed by atoms with Gasteiger partial charge in [0, 0.05) is 32.1 Å². The van der Waals surface area contributed by atoms with Crippen LogP contribution in [-0.2, 0) is 4.79 Å². The third kappa shape index (κ3) is 2.97. The molecule has 3 rings (SSSR count). The van der Waals surface area contributed by atoms with E-state index in [0.717, 1.165) is 24.8 Å². The Balaban J connectivity index is 1.60. The summed E-state index contributed by atoms with van der Waals surface area (Å²) in [4.78, 5) is 16.2. The molecule has 0 bridgehead atoms. The summed E-state index contributed by atoms with van der Waals surface area (Å²) in [5.74, 6) is 0.216. The average molecular weight is 301 g/mol. The third-order valence-corrected chi connectivity index (χ3v) is 4.75. The summed E-state index contributed by atoms with van der Waals surface area (Å²) in [7, 11) is 0. The molecule has 1 aromatic rings. The summed E-state index contributed by atoms with van der Waals surface area (Å²) in [6.45, 7) is 2.73. The second-order valence-electron chi connectivity index (χ2n) is 6.07. The predicted molar refractivity (Wildman–Crippen MR) is 80.2 cm³/mol. The number of piperazine rings is 1. The van der Waals surface area contributed by atoms with Crippen LogP contribution in [0.5, 0.6) is 0 Å². The lowest BCUT2D eigenvalue weighted by molar-refractivity contribution is -0.140. The number of hydrogen-bond acceptors (Lipinski definition) is 3. The quantitative estimate of drug-likeness (QED) is 0.861. The first-order valence-corrected chi connectivity index (χ1v) is 7.87. The van der Waals surface area contributed by atoms with Crippen molar-refractivity contribution in [3.05, 3.63) is 35.6 Å². The van der Waals surface area contributed by atoms with Crippen LogP contribution in [0, 0.1) is 23.1 Å². The van der Waals surface area contributed by atoms with E-state index in [2.05, 4.69) is 11.0 Å². The minimum atomic E-state index is -0.374. The van der Waals surface area contributed by atoms with Crippen LogP contribution < -0.4 is 0 Å². The summed E-state index contributed by atoms with van der Waals surface area (Å²) < 4.78 is 13.0. The van der Waals surface area contributed by atoms with Crippen molar-refractivity contribution >= 4 is 5.91 Å². The van der Waals surface area contributed by atoms with Crippen molar-refractivity contribution in [3.8, 4) is 6.07 Å². The lowest BCUT2D eigenvalue weighted by Gasteiger charge is -2.39. The van der Waals surface area contributed by atoms with Gasteiger partial charge in [0.25, 0.3) is 0 Å². The maximum atomic E-state index is 13.0. The van der Waals surface area contributed by atoms with Gasteiger partial charge in [0.15, 0.2) is 0 Å². The molecule has 2 fully saturated rings. The molecule has 1 amide bonds. The Kier molecular flexibility index (Phi) is 4.39. The second-order valence-corrected chi connectivity index (χ2v) is 6.07. The summed E-state index contributed by atoms with van der Waals surface area (Å²) in [5, 5.41) is 9.45. The Labute approximate surface area is 130 Å². The fourth-order valence-corrected chi connectivity index (χ4v) is 3.13. The second kappa shape index (κ2) is 6.45. The van der Waals surface area contributed by atoms with E-state index in [1.807, 2.05) is 4.90 Å². The van der Waals surface area contributed by atoms with Gasteiger partial charge in [-0.1, -0.05) is 18.6 Å². The van der Waals surface area contributed by atoms with E-state index in [4.69, 9.17) is 0 Å². The number of hydrogen-bond donors (Lipinski definition) is 0. The number of halogens is 1. The Morgan fingerprint density at radius 3 is 2.32 bits per heavy atom. The van der Waals surface area contributed by atoms with Crippen molar-refractivity contribution in [3.63, 3.8) is 0 Å². The molecule has 0 aromatic heterocycles. The molecular formula is C17H20FN3O. The SMILES string of the molecule is N#C[C@H](c1ccc(F)cc1)N1CCN(C(=O)C2CCC2)CC1. The predicted octanol–water partition coefficient (Wildman–Crippen LogP) is 2.33. The molecule has 1 aliphatic carbocycles. The summed E-state index contributed by atoms with van der Waals surface area (Å²) >= 11 is 0. The molecule has 2 aliphatic rings. The first-order valence-electron chi connectivity index (χ1n) is 7.87. The number of rotatable bonds is 3. The van der Waals surface area contributed by atoms with Crippen LogP contribution in [0.25, 0.3) is 0 Å². The fraction of sp³-hybridized carbons (Fsp3) is 0.529. The molecule has 0 radical (unpaired) electrons. The fourth-order valence-electron chi connectivity index (χ4n) is 3.13. The highest BCUT2D eigenvalue weighted by molar-refractivity contribution is 5.79. The molecule has 0 unspecified atom stereocenters. The topological polar surface area (TPSA) is 47.3 Å². The molecule has 0 spiro atoms. The lowest BCUT2D eigenvalue weighted by Crippen LogP contribution is -2.51. The number of carbonyl (C=O) groups excluding carboxylic acids is 1. The van der Waals surface area contributed by atoms with E-state index in [1.54, 1.807) is 12.1 Å². The summed E-state index contributed by atoms with van der Waals surface area (Å²) in [5.41, 5.74) is 0.808. The van der Waals surface area contributed by atoms with Crippen molar-refractivity contribution in [1.82, 2.24) is 9.80 Å². The first-order chi connectivity index (χ1) is 10.7. The van der Waals surface area contributed by atoms with Gasteiger partial charge in [-0.3, -0.25) is 9.69 Å². The molecule has 4 nitrogen and oxygen atoms in total. The van der Waals surface area contributed by atoms with Gasteiger partial charge < -0.3 is 4.90 Å². The molecule has 1 aromatic carbocycles. The van der Waals surface area contributed by atoms with Crippen molar-refractivity contribution < 1.29 is 9.18 Å². The highest BCUT2D eigenvalue weighted by atomic mass is 19.1. The molecule has 1 aliphatic heterocycles. The lowest BCUT2D eigenvalue weighted by atomic mass is 9.84. The number of benzene rings is 1. The van der Waals surface area contributed by atoms with Crippen LogP contribution in [-0.4, -0.2) is 41.9 Å². The van der Waals surface area contributed by atoms with Crippen molar-refractivity contribution in [2.45, 2.75) is 25.3 Å². The average Bonchev–Trinajstić information content (AvgIpc) is 2.49. The maximum absolute atomic E-state index is 13.0. The summed E-state index contributed by atoms with van der Waals surface area (Å²) in [6, 6.07) is 8.02. The zero-order valence-electron chi connectivity index (χ0n) is 12.5. The number of amides is 1. The molecular weight excluding hydrogens is 281 g/mol. The minimum Gasteiger partial charge on any atom is -0.340 e. The first kappa shape index (κ1) is 15.0. The number of nitriles is 1. The van der Waals surface area contributed by atoms with Crippen molar-refractivity contribution in [1.29, 1.82) is 5.26 Å². The van der Waals surface area contributed by atoms with E-state index in [1.165, 1.54) is 12.1 Å². The molecule has 1 atom stereocenters. The monoisotopic (exact) mass is 301 g/mol. The molecule has 1 saturated carbocycles. The highest BCUT2D eigenvalue weighted by Gasteiger charge is 2.32. The van der Waals surface area contributed by atoms with Gasteiger partial charge in [0.05, 0.1) is 6.07 Å². The van der Waals surface area contributed by atoms with Crippen LogP contribution >= 0.6 is 0 Å². The van der Waals surface area contributed by atoms with Gasteiger partial charge in [-0.05, 0) is 30.5 Å². The van der Waals surface area contributed by atoms with Crippen molar-refractivity contribution in [2.24, 2.45) is 5.92 Å². The Morgan fingerprint density at radius 1 is 1.18 bits per heavy atom. The molecule has 1 heterocycles. The van der Waals surface area contributed by atoms with Crippen LogP contribution in [0.4, 0.5) is 4.39 Å². The van der Waals surface area contributed by atoms with Crippen LogP contribution in [0.3, 0.4) is 0 Å². The summed E-state index contributed by atoms with van der Waals surface area (Å²) in [6.07, 6.45) is 3.21. The van der Waals surface area contributed by atoms with Gasteiger partial charge in [0.2, 0.25) is 5.91 Å². The molecule has 1 saturated heterocycles. The van der Waals surface area contributed by atoms with E-state index in [0.29, 0.717) is 26.2 Å². The highest BCUT2D eigenvalue weighted by Crippen LogP contribution is 2.29. The molecule has 5 heteroatoms.